The van der Waals surface area contributed by atoms with Gasteiger partial charge in [-0.2, -0.15) is 0 Å². The van der Waals surface area contributed by atoms with E-state index in [0.29, 0.717) is 17.6 Å². The number of hydrogen-bond donors (Lipinski definition) is 2. The number of carbonyl (C=O) groups excluding carboxylic acids is 1. The van der Waals surface area contributed by atoms with E-state index >= 15 is 0 Å². The van der Waals surface area contributed by atoms with E-state index in [0.717, 1.165) is 37.3 Å². The summed E-state index contributed by atoms with van der Waals surface area (Å²) in [4.78, 5) is 20.9. The van der Waals surface area contributed by atoms with Crippen LogP contribution in [0.25, 0.3) is 11.1 Å². The molecule has 32 heavy (non-hydrogen) atoms. The SMILES string of the molecule is CC1CN(Cc2ccccc2-c2cccnc2)C[C@@H](C)N1Cc1ccc(C(=O)NO)cc1. The van der Waals surface area contributed by atoms with Gasteiger partial charge in [-0.1, -0.05) is 42.5 Å². The first-order chi connectivity index (χ1) is 15.5. The summed E-state index contributed by atoms with van der Waals surface area (Å²) in [6.45, 7) is 8.31. The van der Waals surface area contributed by atoms with Gasteiger partial charge in [-0.05, 0) is 48.7 Å². The van der Waals surface area contributed by atoms with E-state index in [1.165, 1.54) is 11.1 Å². The first-order valence-corrected chi connectivity index (χ1v) is 11.0. The van der Waals surface area contributed by atoms with E-state index in [-0.39, 0.29) is 0 Å². The number of pyridine rings is 1. The van der Waals surface area contributed by atoms with Crippen molar-refractivity contribution in [3.8, 4) is 11.1 Å². The number of nitrogens with one attached hydrogen (secondary N) is 1. The molecule has 4 rings (SSSR count). The van der Waals surface area contributed by atoms with Crippen LogP contribution in [0, 0.1) is 0 Å². The summed E-state index contributed by atoms with van der Waals surface area (Å²) in [5, 5.41) is 8.78. The Kier molecular flexibility index (Phi) is 6.95. The van der Waals surface area contributed by atoms with E-state index in [1.807, 2.05) is 30.6 Å². The largest absolute Gasteiger partial charge is 0.296 e. The zero-order valence-electron chi connectivity index (χ0n) is 18.6. The maximum atomic E-state index is 11.5. The zero-order chi connectivity index (χ0) is 22.5. The summed E-state index contributed by atoms with van der Waals surface area (Å²) in [5.74, 6) is -0.488. The Bertz CT molecular complexity index is 1030. The van der Waals surface area contributed by atoms with Crippen molar-refractivity contribution in [2.24, 2.45) is 0 Å². The van der Waals surface area contributed by atoms with Crippen LogP contribution in [-0.4, -0.2) is 51.1 Å². The minimum absolute atomic E-state index is 0.407. The Morgan fingerprint density at radius 3 is 2.38 bits per heavy atom. The highest BCUT2D eigenvalue weighted by atomic mass is 16.5. The van der Waals surface area contributed by atoms with Gasteiger partial charge in [-0.15, -0.1) is 0 Å². The number of amides is 1. The second-order valence-electron chi connectivity index (χ2n) is 8.60. The van der Waals surface area contributed by atoms with Crippen LogP contribution in [0.15, 0.2) is 73.1 Å². The van der Waals surface area contributed by atoms with Crippen molar-refractivity contribution in [3.63, 3.8) is 0 Å². The number of aromatic nitrogens is 1. The Hall–Kier alpha value is -3.06. The van der Waals surface area contributed by atoms with Crippen LogP contribution in [0.2, 0.25) is 0 Å². The Labute approximate surface area is 189 Å². The van der Waals surface area contributed by atoms with Crippen LogP contribution in [0.1, 0.15) is 35.3 Å². The second kappa shape index (κ2) is 10.0. The van der Waals surface area contributed by atoms with Crippen LogP contribution in [-0.2, 0) is 13.1 Å². The van der Waals surface area contributed by atoms with Crippen molar-refractivity contribution < 1.29 is 10.0 Å². The summed E-state index contributed by atoms with van der Waals surface area (Å²) >= 11 is 0. The first kappa shape index (κ1) is 22.1. The Balaban J connectivity index is 1.42. The topological polar surface area (TPSA) is 68.7 Å². The van der Waals surface area contributed by atoms with Gasteiger partial charge in [0.1, 0.15) is 0 Å². The minimum atomic E-state index is -0.488. The Morgan fingerprint density at radius 1 is 1.00 bits per heavy atom. The van der Waals surface area contributed by atoms with E-state index in [4.69, 9.17) is 5.21 Å². The molecular formula is C26H30N4O2. The molecule has 2 N–H and O–H groups in total. The molecule has 1 unspecified atom stereocenters. The number of nitrogens with zero attached hydrogens (tertiary/aromatic N) is 3. The fourth-order valence-corrected chi connectivity index (χ4v) is 4.65. The monoisotopic (exact) mass is 430 g/mol. The molecule has 6 heteroatoms. The zero-order valence-corrected chi connectivity index (χ0v) is 18.6. The maximum absolute atomic E-state index is 11.5. The van der Waals surface area contributed by atoms with Gasteiger partial charge in [-0.3, -0.25) is 24.8 Å². The lowest BCUT2D eigenvalue weighted by atomic mass is 9.99. The third-order valence-corrected chi connectivity index (χ3v) is 6.24. The molecule has 0 saturated carbocycles. The maximum Gasteiger partial charge on any atom is 0.274 e. The molecule has 1 amide bonds. The van der Waals surface area contributed by atoms with Gasteiger partial charge < -0.3 is 0 Å². The number of benzene rings is 2. The van der Waals surface area contributed by atoms with Gasteiger partial charge in [-0.25, -0.2) is 5.48 Å². The third kappa shape index (κ3) is 5.05. The number of piperazine rings is 1. The van der Waals surface area contributed by atoms with Crippen molar-refractivity contribution >= 4 is 5.91 Å². The molecule has 1 aliphatic rings. The summed E-state index contributed by atoms with van der Waals surface area (Å²) in [6.07, 6.45) is 3.74. The molecule has 0 bridgehead atoms. The fourth-order valence-electron chi connectivity index (χ4n) is 4.65. The van der Waals surface area contributed by atoms with Crippen LogP contribution in [0.5, 0.6) is 0 Å². The first-order valence-electron chi connectivity index (χ1n) is 11.0. The lowest BCUT2D eigenvalue weighted by molar-refractivity contribution is 0.0291. The molecule has 166 valence electrons. The predicted molar refractivity (Wildman–Crippen MR) is 125 cm³/mol. The van der Waals surface area contributed by atoms with Crippen LogP contribution in [0.3, 0.4) is 0 Å². The fraction of sp³-hybridized carbons (Fsp3) is 0.308. The van der Waals surface area contributed by atoms with Crippen LogP contribution in [0.4, 0.5) is 0 Å². The van der Waals surface area contributed by atoms with Crippen molar-refractivity contribution in [2.45, 2.75) is 39.0 Å². The summed E-state index contributed by atoms with van der Waals surface area (Å²) < 4.78 is 0. The summed E-state index contributed by atoms with van der Waals surface area (Å²) in [5.41, 5.74) is 7.02. The molecule has 2 aromatic carbocycles. The van der Waals surface area contributed by atoms with Gasteiger partial charge in [0.2, 0.25) is 0 Å². The molecule has 1 aliphatic heterocycles. The molecule has 1 aromatic heterocycles. The second-order valence-corrected chi connectivity index (χ2v) is 8.60. The average molecular weight is 431 g/mol. The molecule has 1 saturated heterocycles. The summed E-state index contributed by atoms with van der Waals surface area (Å²) in [7, 11) is 0. The summed E-state index contributed by atoms with van der Waals surface area (Å²) in [6, 6.07) is 20.9. The molecule has 2 heterocycles. The van der Waals surface area contributed by atoms with Crippen LogP contribution < -0.4 is 5.48 Å². The quantitative estimate of drug-likeness (QED) is 0.458. The average Bonchev–Trinajstić information content (AvgIpc) is 2.82. The van der Waals surface area contributed by atoms with Gasteiger partial charge in [0.05, 0.1) is 0 Å². The normalized spacial score (nSPS) is 19.6. The standard InChI is InChI=1S/C26H30N4O2/c1-19-15-29(18-24-6-3-4-8-25(24)23-7-5-13-27-14-23)16-20(2)30(19)17-21-9-11-22(12-10-21)26(31)28-32/h3-14,19-20,32H,15-18H2,1-2H3,(H,28,31)/t19-,20?/m1/s1. The highest BCUT2D eigenvalue weighted by molar-refractivity contribution is 5.93. The van der Waals surface area contributed by atoms with E-state index in [9.17, 15) is 4.79 Å². The molecule has 0 aliphatic carbocycles. The Morgan fingerprint density at radius 2 is 1.72 bits per heavy atom. The molecule has 6 nitrogen and oxygen atoms in total. The highest BCUT2D eigenvalue weighted by Gasteiger charge is 2.29. The van der Waals surface area contributed by atoms with Gasteiger partial charge >= 0.3 is 0 Å². The molecular weight excluding hydrogens is 400 g/mol. The lowest BCUT2D eigenvalue weighted by Gasteiger charge is -2.44. The lowest BCUT2D eigenvalue weighted by Crippen LogP contribution is -2.55. The number of rotatable bonds is 6. The molecule has 3 aromatic rings. The van der Waals surface area contributed by atoms with E-state index in [1.54, 1.807) is 17.6 Å². The third-order valence-electron chi connectivity index (χ3n) is 6.24. The number of hydrogen-bond acceptors (Lipinski definition) is 5. The predicted octanol–water partition coefficient (Wildman–Crippen LogP) is 3.96. The van der Waals surface area contributed by atoms with Gasteiger partial charge in [0.15, 0.2) is 0 Å². The van der Waals surface area contributed by atoms with Crippen molar-refractivity contribution in [2.75, 3.05) is 13.1 Å². The van der Waals surface area contributed by atoms with Crippen molar-refractivity contribution in [1.82, 2.24) is 20.3 Å². The molecule has 2 atom stereocenters. The number of hydroxylamine groups is 1. The molecule has 0 radical (unpaired) electrons. The van der Waals surface area contributed by atoms with E-state index in [2.05, 4.69) is 59.0 Å². The number of carbonyl (C=O) groups is 1. The van der Waals surface area contributed by atoms with Gasteiger partial charge in [0, 0.05) is 61.8 Å². The minimum Gasteiger partial charge on any atom is -0.296 e. The highest BCUT2D eigenvalue weighted by Crippen LogP contribution is 2.26. The van der Waals surface area contributed by atoms with E-state index < -0.39 is 5.91 Å². The van der Waals surface area contributed by atoms with Crippen LogP contribution >= 0.6 is 0 Å². The smallest absolute Gasteiger partial charge is 0.274 e. The van der Waals surface area contributed by atoms with Gasteiger partial charge in [0.25, 0.3) is 5.91 Å². The van der Waals surface area contributed by atoms with Crippen molar-refractivity contribution in [1.29, 1.82) is 0 Å². The molecule has 1 fully saturated rings. The molecule has 0 spiro atoms. The van der Waals surface area contributed by atoms with Crippen molar-refractivity contribution in [3.05, 3.63) is 89.7 Å².